The Bertz CT molecular complexity index is 1850. The van der Waals surface area contributed by atoms with Crippen LogP contribution in [0, 0.1) is 5.92 Å². The molecule has 4 rings (SSSR count). The first kappa shape index (κ1) is 51.1. The fourth-order valence-electron chi connectivity index (χ4n) is 7.18. The molecule has 0 heterocycles. The Kier molecular flexibility index (Phi) is 21.0. The average Bonchev–Trinajstić information content (AvgIpc) is 3.28. The lowest BCUT2D eigenvalue weighted by Crippen LogP contribution is -2.51. The maximum atomic E-state index is 13.6. The van der Waals surface area contributed by atoms with Gasteiger partial charge in [0, 0.05) is 19.1 Å². The molecule has 350 valence electrons. The summed E-state index contributed by atoms with van der Waals surface area (Å²) < 4.78 is 57.8. The van der Waals surface area contributed by atoms with Gasteiger partial charge in [-0.2, -0.15) is 0 Å². The minimum Gasteiger partial charge on any atom is -0.497 e. The topological polar surface area (TPSA) is 159 Å². The summed E-state index contributed by atoms with van der Waals surface area (Å²) in [6, 6.07) is 30.4. The third-order valence-electron chi connectivity index (χ3n) is 10.6. The van der Waals surface area contributed by atoms with Gasteiger partial charge in [-0.25, -0.2) is 9.59 Å². The van der Waals surface area contributed by atoms with Crippen molar-refractivity contribution in [1.82, 2.24) is 9.80 Å². The fourth-order valence-corrected chi connectivity index (χ4v) is 7.18. The van der Waals surface area contributed by atoms with E-state index in [9.17, 15) is 9.59 Å². The first-order valence-electron chi connectivity index (χ1n) is 21.5. The smallest absolute Gasteiger partial charge is 0.412 e. The summed E-state index contributed by atoms with van der Waals surface area (Å²) in [5, 5.41) is 0. The van der Waals surface area contributed by atoms with Crippen molar-refractivity contribution in [2.45, 2.75) is 84.1 Å². The second kappa shape index (κ2) is 26.3. The van der Waals surface area contributed by atoms with Gasteiger partial charge in [-0.05, 0) is 131 Å². The van der Waals surface area contributed by atoms with Gasteiger partial charge in [-0.3, -0.25) is 4.90 Å². The summed E-state index contributed by atoms with van der Waals surface area (Å²) in [6.45, 7) is 6.52. The van der Waals surface area contributed by atoms with E-state index in [-0.39, 0.29) is 19.3 Å². The maximum Gasteiger partial charge on any atom is 0.412 e. The van der Waals surface area contributed by atoms with Crippen LogP contribution in [0.15, 0.2) is 97.1 Å². The Hall–Kier alpha value is -5.58. The molecule has 4 unspecified atom stereocenters. The highest BCUT2D eigenvalue weighted by molar-refractivity contribution is 5.68. The minimum absolute atomic E-state index is 0.0125. The van der Waals surface area contributed by atoms with Gasteiger partial charge in [0.15, 0.2) is 6.29 Å². The molecule has 4 aromatic rings. The van der Waals surface area contributed by atoms with Crippen molar-refractivity contribution in [2.75, 3.05) is 62.4 Å². The normalized spacial score (nSPS) is 13.7. The van der Waals surface area contributed by atoms with E-state index in [0.717, 1.165) is 45.3 Å². The summed E-state index contributed by atoms with van der Waals surface area (Å²) in [4.78, 5) is 29.8. The largest absolute Gasteiger partial charge is 0.497 e. The number of nitrogens with two attached hydrogens (primary N) is 1. The molecular weight excluding hydrogens is 823 g/mol. The van der Waals surface area contributed by atoms with Gasteiger partial charge in [0.2, 0.25) is 6.29 Å². The second-order valence-electron chi connectivity index (χ2n) is 15.4. The van der Waals surface area contributed by atoms with Gasteiger partial charge < -0.3 is 58.0 Å². The third kappa shape index (κ3) is 16.5. The molecule has 0 aliphatic rings. The van der Waals surface area contributed by atoms with E-state index in [1.54, 1.807) is 47.2 Å². The predicted molar refractivity (Wildman–Crippen MR) is 242 cm³/mol. The third-order valence-corrected chi connectivity index (χ3v) is 10.6. The zero-order chi connectivity index (χ0) is 46.5. The molecule has 0 fully saturated rings. The van der Waals surface area contributed by atoms with Crippen LogP contribution < -0.4 is 24.7 Å². The van der Waals surface area contributed by atoms with Crippen molar-refractivity contribution in [2.24, 2.45) is 11.7 Å². The van der Waals surface area contributed by atoms with E-state index >= 15 is 0 Å². The first-order chi connectivity index (χ1) is 30.8. The lowest BCUT2D eigenvalue weighted by Gasteiger charge is -2.39. The SMILES string of the molecule is CCOC(OCCC(CCOC(C)OC(C)OC(=O)N(Cc1ccc(OC)cc1)Cc1ccc(OC)cc1)N(C)C)(OC(N)=O)C(Cc1ccc(OC)cc1)Cc1ccc(OC)cc1. The molecule has 15 nitrogen and oxygen atoms in total. The highest BCUT2D eigenvalue weighted by Crippen LogP contribution is 2.34. The Balaban J connectivity index is 1.38. The van der Waals surface area contributed by atoms with Crippen LogP contribution in [-0.4, -0.2) is 109 Å². The van der Waals surface area contributed by atoms with Gasteiger partial charge >= 0.3 is 18.2 Å². The molecule has 4 aromatic carbocycles. The number of primary amides is 1. The van der Waals surface area contributed by atoms with Crippen molar-refractivity contribution >= 4 is 12.2 Å². The number of ether oxygens (including phenoxy) is 10. The standard InChI is InChI=1S/C49H67N3O12/c1-10-60-49(64-47(50)53,41(31-37-11-19-43(55-6)20-12-37)32-38-13-21-44(56-7)22-14-38)61-30-28-42(51(4)5)27-29-59-35(2)62-36(3)63-48(54)52(33-39-15-23-45(57-8)24-16-39)34-40-17-25-46(58-9)26-18-40/h11-26,35-36,41-42H,10,27-34H2,1-9H3,(H2,50,53). The number of hydrogen-bond donors (Lipinski definition) is 1. The number of carbonyl (C=O) groups is 2. The summed E-state index contributed by atoms with van der Waals surface area (Å²) in [7, 11) is 10.4. The maximum absolute atomic E-state index is 13.6. The van der Waals surface area contributed by atoms with Gasteiger partial charge in [-0.15, -0.1) is 0 Å². The van der Waals surface area contributed by atoms with Crippen LogP contribution >= 0.6 is 0 Å². The highest BCUT2D eigenvalue weighted by atomic mass is 16.9. The molecule has 0 radical (unpaired) electrons. The quantitative estimate of drug-likeness (QED) is 0.0545. The molecule has 4 atom stereocenters. The Labute approximate surface area is 378 Å². The summed E-state index contributed by atoms with van der Waals surface area (Å²) in [5.74, 6) is 0.576. The van der Waals surface area contributed by atoms with Crippen LogP contribution in [0.5, 0.6) is 23.0 Å². The van der Waals surface area contributed by atoms with E-state index in [1.165, 1.54) is 0 Å². The first-order valence-corrected chi connectivity index (χ1v) is 21.5. The zero-order valence-electron chi connectivity index (χ0n) is 38.8. The van der Waals surface area contributed by atoms with Crippen LogP contribution in [0.25, 0.3) is 0 Å². The molecule has 64 heavy (non-hydrogen) atoms. The molecule has 0 aliphatic carbocycles. The molecule has 0 aliphatic heterocycles. The molecule has 2 N–H and O–H groups in total. The van der Waals surface area contributed by atoms with E-state index in [1.807, 2.05) is 118 Å². The average molecular weight is 890 g/mol. The van der Waals surface area contributed by atoms with Crippen molar-refractivity contribution < 1.29 is 57.0 Å². The molecule has 15 heteroatoms. The Morgan fingerprint density at radius 1 is 0.609 bits per heavy atom. The van der Waals surface area contributed by atoms with Gasteiger partial charge in [0.1, 0.15) is 23.0 Å². The van der Waals surface area contributed by atoms with E-state index < -0.39 is 36.7 Å². The number of hydrogen-bond acceptors (Lipinski definition) is 13. The van der Waals surface area contributed by atoms with Crippen molar-refractivity contribution in [1.29, 1.82) is 0 Å². The van der Waals surface area contributed by atoms with Crippen LogP contribution in [0.4, 0.5) is 9.59 Å². The van der Waals surface area contributed by atoms with Crippen LogP contribution in [0.2, 0.25) is 0 Å². The lowest BCUT2D eigenvalue weighted by molar-refractivity contribution is -0.380. The molecular formula is C49H67N3O12. The molecule has 2 amide bonds. The van der Waals surface area contributed by atoms with Gasteiger partial charge in [0.25, 0.3) is 0 Å². The van der Waals surface area contributed by atoms with Crippen LogP contribution in [0.1, 0.15) is 55.9 Å². The number of amides is 2. The molecule has 0 spiro atoms. The summed E-state index contributed by atoms with van der Waals surface area (Å²) >= 11 is 0. The number of carbonyl (C=O) groups excluding carboxylic acids is 2. The van der Waals surface area contributed by atoms with Crippen LogP contribution in [-0.2, 0) is 54.4 Å². The van der Waals surface area contributed by atoms with Crippen LogP contribution in [0.3, 0.4) is 0 Å². The second-order valence-corrected chi connectivity index (χ2v) is 15.4. The molecule has 0 aromatic heterocycles. The monoisotopic (exact) mass is 889 g/mol. The van der Waals surface area contributed by atoms with E-state index in [0.29, 0.717) is 45.4 Å². The number of benzene rings is 4. The fraction of sp³-hybridized carbons (Fsp3) is 0.469. The summed E-state index contributed by atoms with van der Waals surface area (Å²) in [6.07, 6.45) is -1.15. The molecule has 0 bridgehead atoms. The zero-order valence-corrected chi connectivity index (χ0v) is 38.8. The van der Waals surface area contributed by atoms with Crippen molar-refractivity contribution in [3.05, 3.63) is 119 Å². The summed E-state index contributed by atoms with van der Waals surface area (Å²) in [5.41, 5.74) is 9.44. The Morgan fingerprint density at radius 2 is 1.03 bits per heavy atom. The Morgan fingerprint density at radius 3 is 1.42 bits per heavy atom. The number of methoxy groups -OCH3 is 4. The van der Waals surface area contributed by atoms with Crippen molar-refractivity contribution in [3.8, 4) is 23.0 Å². The van der Waals surface area contributed by atoms with Gasteiger partial charge in [0.05, 0.1) is 54.2 Å². The molecule has 0 saturated carbocycles. The number of rotatable bonds is 28. The predicted octanol–water partition coefficient (Wildman–Crippen LogP) is 8.20. The highest BCUT2D eigenvalue weighted by Gasteiger charge is 2.45. The van der Waals surface area contributed by atoms with Gasteiger partial charge in [-0.1, -0.05) is 48.5 Å². The lowest BCUT2D eigenvalue weighted by atomic mass is 9.90. The van der Waals surface area contributed by atoms with E-state index in [4.69, 9.17) is 53.1 Å². The van der Waals surface area contributed by atoms with Crippen molar-refractivity contribution in [3.63, 3.8) is 0 Å². The van der Waals surface area contributed by atoms with E-state index in [2.05, 4.69) is 4.90 Å². The minimum atomic E-state index is -1.80. The number of nitrogens with zero attached hydrogens (tertiary/aromatic N) is 2. The molecule has 0 saturated heterocycles.